The van der Waals surface area contributed by atoms with Crippen LogP contribution < -0.4 is 14.8 Å². The van der Waals surface area contributed by atoms with Gasteiger partial charge in [0.25, 0.3) is 0 Å². The van der Waals surface area contributed by atoms with Crippen LogP contribution >= 0.6 is 0 Å². The lowest BCUT2D eigenvalue weighted by Gasteiger charge is -2.23. The van der Waals surface area contributed by atoms with E-state index in [1.54, 1.807) is 7.11 Å². The fourth-order valence-corrected chi connectivity index (χ4v) is 2.70. The van der Waals surface area contributed by atoms with Crippen LogP contribution in [0.4, 0.5) is 0 Å². The molecule has 1 fully saturated rings. The Morgan fingerprint density at radius 3 is 2.38 bits per heavy atom. The Hall–Kier alpha value is -2.00. The van der Waals surface area contributed by atoms with E-state index in [0.29, 0.717) is 6.10 Å². The van der Waals surface area contributed by atoms with Crippen molar-refractivity contribution in [1.29, 1.82) is 0 Å². The quantitative estimate of drug-likeness (QED) is 0.931. The fraction of sp³-hybridized carbons (Fsp3) is 0.333. The van der Waals surface area contributed by atoms with Crippen molar-refractivity contribution in [3.05, 3.63) is 48.5 Å². The number of rotatable bonds is 4. The van der Waals surface area contributed by atoms with Crippen LogP contribution in [0.1, 0.15) is 12.8 Å². The zero-order valence-electron chi connectivity index (χ0n) is 12.3. The monoisotopic (exact) mass is 283 g/mol. The molecule has 2 aromatic rings. The van der Waals surface area contributed by atoms with Crippen LogP contribution in [0.25, 0.3) is 11.1 Å². The first-order valence-corrected chi connectivity index (χ1v) is 7.47. The molecule has 0 amide bonds. The van der Waals surface area contributed by atoms with Gasteiger partial charge in [0.05, 0.1) is 7.11 Å². The van der Waals surface area contributed by atoms with Crippen LogP contribution in [0.2, 0.25) is 0 Å². The number of hydrogen-bond acceptors (Lipinski definition) is 3. The number of hydrogen-bond donors (Lipinski definition) is 1. The average molecular weight is 283 g/mol. The Labute approximate surface area is 125 Å². The van der Waals surface area contributed by atoms with Crippen molar-refractivity contribution in [3.8, 4) is 22.6 Å². The summed E-state index contributed by atoms with van der Waals surface area (Å²) in [6, 6.07) is 16.3. The largest absolute Gasteiger partial charge is 0.496 e. The van der Waals surface area contributed by atoms with Gasteiger partial charge in [0, 0.05) is 5.56 Å². The molecule has 3 rings (SSSR count). The third-order valence-electron chi connectivity index (χ3n) is 3.86. The van der Waals surface area contributed by atoms with E-state index in [1.165, 1.54) is 0 Å². The van der Waals surface area contributed by atoms with Crippen molar-refractivity contribution in [2.45, 2.75) is 18.9 Å². The van der Waals surface area contributed by atoms with Crippen LogP contribution in [0.15, 0.2) is 48.5 Å². The number of benzene rings is 2. The third-order valence-corrected chi connectivity index (χ3v) is 3.86. The molecule has 1 aliphatic heterocycles. The Kier molecular flexibility index (Phi) is 4.41. The van der Waals surface area contributed by atoms with Gasteiger partial charge < -0.3 is 14.8 Å². The standard InChI is InChI=1S/C18H21NO2/c1-20-18-5-3-2-4-17(18)14-6-8-15(9-7-14)21-16-10-12-19-13-11-16/h2-9,16,19H,10-13H2,1H3. The van der Waals surface area contributed by atoms with Crippen LogP contribution in [-0.4, -0.2) is 26.3 Å². The van der Waals surface area contributed by atoms with Crippen molar-refractivity contribution >= 4 is 0 Å². The SMILES string of the molecule is COc1ccccc1-c1ccc(OC2CCNCC2)cc1. The fourth-order valence-electron chi connectivity index (χ4n) is 2.70. The second-order valence-corrected chi connectivity index (χ2v) is 5.29. The summed E-state index contributed by atoms with van der Waals surface area (Å²) in [5.74, 6) is 1.84. The van der Waals surface area contributed by atoms with Crippen LogP contribution in [0, 0.1) is 0 Å². The van der Waals surface area contributed by atoms with Crippen LogP contribution in [0.3, 0.4) is 0 Å². The van der Waals surface area contributed by atoms with Gasteiger partial charge in [0.2, 0.25) is 0 Å². The van der Waals surface area contributed by atoms with Crippen molar-refractivity contribution in [3.63, 3.8) is 0 Å². The van der Waals surface area contributed by atoms with Crippen molar-refractivity contribution in [2.75, 3.05) is 20.2 Å². The lowest BCUT2D eigenvalue weighted by atomic mass is 10.0. The molecular formula is C18H21NO2. The minimum atomic E-state index is 0.336. The number of para-hydroxylation sites is 1. The molecule has 0 aromatic heterocycles. The molecule has 1 heterocycles. The molecule has 0 aliphatic carbocycles. The molecule has 3 nitrogen and oxygen atoms in total. The number of piperidine rings is 1. The van der Waals surface area contributed by atoms with E-state index in [0.717, 1.165) is 48.6 Å². The number of nitrogens with one attached hydrogen (secondary N) is 1. The van der Waals surface area contributed by atoms with Crippen molar-refractivity contribution in [1.82, 2.24) is 5.32 Å². The van der Waals surface area contributed by atoms with E-state index < -0.39 is 0 Å². The predicted octanol–water partition coefficient (Wildman–Crippen LogP) is 3.49. The Balaban J connectivity index is 1.74. The molecule has 0 spiro atoms. The smallest absolute Gasteiger partial charge is 0.126 e. The molecule has 0 saturated carbocycles. The first-order valence-electron chi connectivity index (χ1n) is 7.47. The van der Waals surface area contributed by atoms with E-state index in [4.69, 9.17) is 9.47 Å². The molecule has 2 aromatic carbocycles. The summed E-state index contributed by atoms with van der Waals surface area (Å²) >= 11 is 0. The summed E-state index contributed by atoms with van der Waals surface area (Å²) in [4.78, 5) is 0. The summed E-state index contributed by atoms with van der Waals surface area (Å²) in [6.07, 6.45) is 2.49. The second-order valence-electron chi connectivity index (χ2n) is 5.29. The zero-order chi connectivity index (χ0) is 14.5. The van der Waals surface area contributed by atoms with Gasteiger partial charge in [-0.3, -0.25) is 0 Å². The van der Waals surface area contributed by atoms with E-state index in [2.05, 4.69) is 23.5 Å². The molecule has 1 N–H and O–H groups in total. The maximum atomic E-state index is 6.03. The number of methoxy groups -OCH3 is 1. The molecule has 1 aliphatic rings. The average Bonchev–Trinajstić information content (AvgIpc) is 2.56. The van der Waals surface area contributed by atoms with Crippen molar-refractivity contribution < 1.29 is 9.47 Å². The maximum Gasteiger partial charge on any atom is 0.126 e. The lowest BCUT2D eigenvalue weighted by Crippen LogP contribution is -2.34. The van der Waals surface area contributed by atoms with E-state index in [-0.39, 0.29) is 0 Å². The summed E-state index contributed by atoms with van der Waals surface area (Å²) in [7, 11) is 1.70. The van der Waals surface area contributed by atoms with Gasteiger partial charge in [-0.2, -0.15) is 0 Å². The van der Waals surface area contributed by atoms with Gasteiger partial charge in [-0.25, -0.2) is 0 Å². The highest BCUT2D eigenvalue weighted by Gasteiger charge is 2.14. The molecule has 21 heavy (non-hydrogen) atoms. The van der Waals surface area contributed by atoms with E-state index in [1.807, 2.05) is 30.3 Å². The lowest BCUT2D eigenvalue weighted by molar-refractivity contribution is 0.162. The molecule has 0 unspecified atom stereocenters. The predicted molar refractivity (Wildman–Crippen MR) is 84.9 cm³/mol. The molecule has 3 heteroatoms. The Morgan fingerprint density at radius 2 is 1.67 bits per heavy atom. The number of ether oxygens (including phenoxy) is 2. The van der Waals surface area contributed by atoms with Crippen LogP contribution in [0.5, 0.6) is 11.5 Å². The highest BCUT2D eigenvalue weighted by Crippen LogP contribution is 2.31. The van der Waals surface area contributed by atoms with Crippen molar-refractivity contribution in [2.24, 2.45) is 0 Å². The topological polar surface area (TPSA) is 30.5 Å². The minimum Gasteiger partial charge on any atom is -0.496 e. The highest BCUT2D eigenvalue weighted by molar-refractivity contribution is 5.70. The second kappa shape index (κ2) is 6.64. The summed E-state index contributed by atoms with van der Waals surface area (Å²) < 4.78 is 11.4. The Morgan fingerprint density at radius 1 is 0.952 bits per heavy atom. The highest BCUT2D eigenvalue weighted by atomic mass is 16.5. The van der Waals surface area contributed by atoms with Gasteiger partial charge in [-0.05, 0) is 49.7 Å². The maximum absolute atomic E-state index is 6.03. The first kappa shape index (κ1) is 14.0. The van der Waals surface area contributed by atoms with Gasteiger partial charge in [-0.1, -0.05) is 30.3 Å². The van der Waals surface area contributed by atoms with E-state index >= 15 is 0 Å². The third kappa shape index (κ3) is 3.37. The van der Waals surface area contributed by atoms with Gasteiger partial charge in [0.1, 0.15) is 17.6 Å². The molecule has 0 radical (unpaired) electrons. The van der Waals surface area contributed by atoms with Crippen LogP contribution in [-0.2, 0) is 0 Å². The van der Waals surface area contributed by atoms with Gasteiger partial charge >= 0.3 is 0 Å². The molecule has 0 atom stereocenters. The summed E-state index contributed by atoms with van der Waals surface area (Å²) in [5, 5.41) is 3.35. The molecule has 110 valence electrons. The summed E-state index contributed by atoms with van der Waals surface area (Å²) in [5.41, 5.74) is 2.25. The Bertz CT molecular complexity index is 574. The minimum absolute atomic E-state index is 0.336. The first-order chi connectivity index (χ1) is 10.4. The van der Waals surface area contributed by atoms with Gasteiger partial charge in [0.15, 0.2) is 0 Å². The normalized spacial score (nSPS) is 15.7. The zero-order valence-corrected chi connectivity index (χ0v) is 12.3. The van der Waals surface area contributed by atoms with E-state index in [9.17, 15) is 0 Å². The molecule has 0 bridgehead atoms. The van der Waals surface area contributed by atoms with Gasteiger partial charge in [-0.15, -0.1) is 0 Å². The molecule has 1 saturated heterocycles. The summed E-state index contributed by atoms with van der Waals surface area (Å²) in [6.45, 7) is 2.09. The molecular weight excluding hydrogens is 262 g/mol.